The fourth-order valence-electron chi connectivity index (χ4n) is 3.73. The van der Waals surface area contributed by atoms with Crippen LogP contribution in [0.25, 0.3) is 10.9 Å². The van der Waals surface area contributed by atoms with E-state index in [2.05, 4.69) is 43.3 Å². The molecule has 0 N–H and O–H groups in total. The number of hydrogen-bond acceptors (Lipinski definition) is 3. The van der Waals surface area contributed by atoms with Gasteiger partial charge in [0.2, 0.25) is 0 Å². The summed E-state index contributed by atoms with van der Waals surface area (Å²) in [5.74, 6) is 0.00584. The SMILES string of the molecule is CN(C)CCc1cn(C(=O)c2ccccc2)c2ccc(C3CCC=CO3)cc12. The zero-order valence-electron chi connectivity index (χ0n) is 16.5. The van der Waals surface area contributed by atoms with Gasteiger partial charge in [-0.25, -0.2) is 0 Å². The standard InChI is InChI=1S/C24H26N2O2/c1-25(2)14-13-20-17-26(24(27)18-8-4-3-5-9-18)22-12-11-19(16-21(20)22)23-10-6-7-15-28-23/h3-5,7-9,11-12,15-17,23H,6,10,13-14H2,1-2H3. The predicted molar refractivity (Wildman–Crippen MR) is 113 cm³/mol. The molecule has 1 aliphatic heterocycles. The fourth-order valence-corrected chi connectivity index (χ4v) is 3.73. The van der Waals surface area contributed by atoms with Gasteiger partial charge in [0.15, 0.2) is 0 Å². The van der Waals surface area contributed by atoms with E-state index < -0.39 is 0 Å². The third kappa shape index (κ3) is 3.73. The van der Waals surface area contributed by atoms with Crippen molar-refractivity contribution >= 4 is 16.8 Å². The topological polar surface area (TPSA) is 34.5 Å². The van der Waals surface area contributed by atoms with Crippen LogP contribution < -0.4 is 0 Å². The first-order chi connectivity index (χ1) is 13.6. The molecule has 0 amide bonds. The van der Waals surface area contributed by atoms with Crippen LogP contribution in [0, 0.1) is 0 Å². The summed E-state index contributed by atoms with van der Waals surface area (Å²) in [5, 5.41) is 1.14. The van der Waals surface area contributed by atoms with Gasteiger partial charge in [0.25, 0.3) is 5.91 Å². The second-order valence-corrected chi connectivity index (χ2v) is 7.60. The van der Waals surface area contributed by atoms with Crippen molar-refractivity contribution in [1.29, 1.82) is 0 Å². The number of allylic oxidation sites excluding steroid dienone is 1. The Kier molecular flexibility index (Phi) is 5.31. The Morgan fingerprint density at radius 1 is 1.18 bits per heavy atom. The van der Waals surface area contributed by atoms with Crippen LogP contribution in [0.2, 0.25) is 0 Å². The molecule has 144 valence electrons. The summed E-state index contributed by atoms with van der Waals surface area (Å²) in [5.41, 5.74) is 4.02. The maximum Gasteiger partial charge on any atom is 0.262 e. The van der Waals surface area contributed by atoms with Crippen LogP contribution in [-0.2, 0) is 11.2 Å². The molecule has 0 radical (unpaired) electrons. The first kappa shape index (κ1) is 18.5. The quantitative estimate of drug-likeness (QED) is 0.643. The molecular formula is C24H26N2O2. The summed E-state index contributed by atoms with van der Waals surface area (Å²) in [4.78, 5) is 15.3. The summed E-state index contributed by atoms with van der Waals surface area (Å²) in [6.45, 7) is 0.936. The molecule has 0 fully saturated rings. The molecule has 0 spiro atoms. The van der Waals surface area contributed by atoms with Crippen LogP contribution in [0.5, 0.6) is 0 Å². The van der Waals surface area contributed by atoms with Crippen molar-refractivity contribution in [2.45, 2.75) is 25.4 Å². The number of likely N-dealkylation sites (N-methyl/N-ethyl adjacent to an activating group) is 1. The second-order valence-electron chi connectivity index (χ2n) is 7.60. The van der Waals surface area contributed by atoms with E-state index in [0.717, 1.165) is 36.7 Å². The average molecular weight is 374 g/mol. The highest BCUT2D eigenvalue weighted by atomic mass is 16.5. The Morgan fingerprint density at radius 3 is 2.71 bits per heavy atom. The minimum atomic E-state index is 0.00584. The normalized spacial score (nSPS) is 16.5. The molecule has 1 aliphatic rings. The molecule has 4 rings (SSSR count). The monoisotopic (exact) mass is 374 g/mol. The number of ether oxygens (including phenoxy) is 1. The van der Waals surface area contributed by atoms with Crippen molar-refractivity contribution in [3.05, 3.63) is 83.8 Å². The predicted octanol–water partition coefficient (Wildman–Crippen LogP) is 4.80. The van der Waals surface area contributed by atoms with Crippen LogP contribution in [0.15, 0.2) is 67.1 Å². The Balaban J connectivity index is 1.77. The molecule has 0 aliphatic carbocycles. The number of nitrogens with zero attached hydrogens (tertiary/aromatic N) is 2. The molecule has 4 nitrogen and oxygen atoms in total. The zero-order valence-corrected chi connectivity index (χ0v) is 16.5. The van der Waals surface area contributed by atoms with Gasteiger partial charge < -0.3 is 9.64 Å². The summed E-state index contributed by atoms with van der Waals surface area (Å²) < 4.78 is 7.60. The van der Waals surface area contributed by atoms with Crippen molar-refractivity contribution in [3.8, 4) is 0 Å². The molecule has 1 aromatic heterocycles. The lowest BCUT2D eigenvalue weighted by atomic mass is 10.00. The van der Waals surface area contributed by atoms with Crippen molar-refractivity contribution in [1.82, 2.24) is 9.47 Å². The number of fused-ring (bicyclic) bond motifs is 1. The van der Waals surface area contributed by atoms with E-state index in [1.54, 1.807) is 10.8 Å². The van der Waals surface area contributed by atoms with Gasteiger partial charge in [0, 0.05) is 23.7 Å². The first-order valence-corrected chi connectivity index (χ1v) is 9.82. The molecule has 1 unspecified atom stereocenters. The molecule has 28 heavy (non-hydrogen) atoms. The van der Waals surface area contributed by atoms with E-state index in [4.69, 9.17) is 4.74 Å². The lowest BCUT2D eigenvalue weighted by Crippen LogP contribution is -2.15. The Hall–Kier alpha value is -2.85. The largest absolute Gasteiger partial charge is 0.494 e. The van der Waals surface area contributed by atoms with Crippen molar-refractivity contribution in [2.75, 3.05) is 20.6 Å². The van der Waals surface area contributed by atoms with Gasteiger partial charge in [-0.3, -0.25) is 9.36 Å². The van der Waals surface area contributed by atoms with Crippen LogP contribution in [0.1, 0.15) is 40.4 Å². The molecule has 2 aromatic carbocycles. The average Bonchev–Trinajstić information content (AvgIpc) is 3.11. The molecule has 2 heterocycles. The van der Waals surface area contributed by atoms with E-state index in [9.17, 15) is 4.79 Å². The molecule has 0 bridgehead atoms. The number of carbonyl (C=O) groups is 1. The number of hydrogen-bond donors (Lipinski definition) is 0. The minimum Gasteiger partial charge on any atom is -0.494 e. The highest BCUT2D eigenvalue weighted by Gasteiger charge is 2.19. The van der Waals surface area contributed by atoms with Crippen LogP contribution in [-0.4, -0.2) is 36.0 Å². The zero-order chi connectivity index (χ0) is 19.5. The highest BCUT2D eigenvalue weighted by Crippen LogP contribution is 2.31. The fraction of sp³-hybridized carbons (Fsp3) is 0.292. The van der Waals surface area contributed by atoms with Crippen molar-refractivity contribution in [2.24, 2.45) is 0 Å². The summed E-state index contributed by atoms with van der Waals surface area (Å²) in [6.07, 6.45) is 8.87. The van der Waals surface area contributed by atoms with Gasteiger partial charge in [-0.2, -0.15) is 0 Å². The van der Waals surface area contributed by atoms with Crippen LogP contribution in [0.3, 0.4) is 0 Å². The highest BCUT2D eigenvalue weighted by molar-refractivity contribution is 6.03. The molecular weight excluding hydrogens is 348 g/mol. The van der Waals surface area contributed by atoms with Crippen LogP contribution in [0.4, 0.5) is 0 Å². The van der Waals surface area contributed by atoms with E-state index >= 15 is 0 Å². The van der Waals surface area contributed by atoms with Crippen molar-refractivity contribution in [3.63, 3.8) is 0 Å². The molecule has 4 heteroatoms. The van der Waals surface area contributed by atoms with Crippen molar-refractivity contribution < 1.29 is 9.53 Å². The van der Waals surface area contributed by atoms with Crippen LogP contribution >= 0.6 is 0 Å². The first-order valence-electron chi connectivity index (χ1n) is 9.82. The maximum absolute atomic E-state index is 13.1. The van der Waals surface area contributed by atoms with Gasteiger partial charge >= 0.3 is 0 Å². The van der Waals surface area contributed by atoms with Gasteiger partial charge in [-0.1, -0.05) is 24.3 Å². The smallest absolute Gasteiger partial charge is 0.262 e. The minimum absolute atomic E-state index is 0.00584. The number of carbonyl (C=O) groups excluding carboxylic acids is 1. The lowest BCUT2D eigenvalue weighted by Gasteiger charge is -2.20. The molecule has 1 atom stereocenters. The number of rotatable bonds is 5. The van der Waals surface area contributed by atoms with E-state index in [-0.39, 0.29) is 12.0 Å². The molecule has 0 saturated heterocycles. The Bertz CT molecular complexity index is 1000. The third-order valence-electron chi connectivity index (χ3n) is 5.29. The molecule has 0 saturated carbocycles. The van der Waals surface area contributed by atoms with E-state index in [1.807, 2.05) is 36.5 Å². The lowest BCUT2D eigenvalue weighted by molar-refractivity contribution is 0.0965. The Labute approximate surface area is 166 Å². The van der Waals surface area contributed by atoms with E-state index in [0.29, 0.717) is 5.56 Å². The maximum atomic E-state index is 13.1. The molecule has 3 aromatic rings. The third-order valence-corrected chi connectivity index (χ3v) is 5.29. The van der Waals surface area contributed by atoms with Gasteiger partial charge in [-0.15, -0.1) is 0 Å². The second kappa shape index (κ2) is 8.03. The number of benzene rings is 2. The van der Waals surface area contributed by atoms with Gasteiger partial charge in [0.05, 0.1) is 11.8 Å². The number of aromatic nitrogens is 1. The van der Waals surface area contributed by atoms with Gasteiger partial charge in [0.1, 0.15) is 6.10 Å². The summed E-state index contributed by atoms with van der Waals surface area (Å²) in [6, 6.07) is 15.8. The summed E-state index contributed by atoms with van der Waals surface area (Å²) >= 11 is 0. The van der Waals surface area contributed by atoms with Gasteiger partial charge in [-0.05, 0) is 74.8 Å². The summed E-state index contributed by atoms with van der Waals surface area (Å²) in [7, 11) is 4.14. The van der Waals surface area contributed by atoms with E-state index in [1.165, 1.54) is 11.1 Å². The Morgan fingerprint density at radius 2 is 2.00 bits per heavy atom.